The molecule has 1 heterocycles. The molecule has 4 aromatic rings. The largest absolute Gasteiger partial charge is 0.487 e. The molecule has 0 atom stereocenters. The molecule has 1 aromatic heterocycles. The van der Waals surface area contributed by atoms with Crippen molar-refractivity contribution in [2.75, 3.05) is 0 Å². The number of aromatic amines is 1. The SMILES string of the molecule is Fc1ccc(COc2c(I)cc(/C=N\n3c(-c4ccccc4)n[nH]c3=S)cc2I)cc1. The van der Waals surface area contributed by atoms with Gasteiger partial charge in [-0.2, -0.15) is 14.9 Å². The molecule has 0 spiro atoms. The Morgan fingerprint density at radius 2 is 1.74 bits per heavy atom. The van der Waals surface area contributed by atoms with Crippen molar-refractivity contribution in [3.8, 4) is 17.1 Å². The molecule has 0 aliphatic rings. The number of nitrogens with one attached hydrogen (secondary N) is 1. The summed E-state index contributed by atoms with van der Waals surface area (Å²) in [4.78, 5) is 0. The lowest BCUT2D eigenvalue weighted by Crippen LogP contribution is -2.01. The first kappa shape index (κ1) is 22.1. The van der Waals surface area contributed by atoms with E-state index in [4.69, 9.17) is 17.0 Å². The van der Waals surface area contributed by atoms with Crippen molar-refractivity contribution >= 4 is 63.6 Å². The lowest BCUT2D eigenvalue weighted by molar-refractivity contribution is 0.301. The fourth-order valence-corrected chi connectivity index (χ4v) is 5.13. The minimum Gasteiger partial charge on any atom is -0.487 e. The first-order valence-electron chi connectivity index (χ1n) is 9.15. The number of H-pyrrole nitrogens is 1. The molecule has 0 aliphatic carbocycles. The lowest BCUT2D eigenvalue weighted by atomic mass is 10.2. The second kappa shape index (κ2) is 10.0. The van der Waals surface area contributed by atoms with Crippen molar-refractivity contribution in [3.05, 3.63) is 95.6 Å². The van der Waals surface area contributed by atoms with Gasteiger partial charge in [0.05, 0.1) is 13.4 Å². The van der Waals surface area contributed by atoms with Crippen LogP contribution >= 0.6 is 57.4 Å². The zero-order valence-electron chi connectivity index (χ0n) is 15.9. The van der Waals surface area contributed by atoms with E-state index in [9.17, 15) is 4.39 Å². The van der Waals surface area contributed by atoms with Gasteiger partial charge in [0.2, 0.25) is 4.77 Å². The minimum atomic E-state index is -0.260. The first-order chi connectivity index (χ1) is 15.0. The molecular formula is C22H15FI2N4OS. The maximum Gasteiger partial charge on any atom is 0.216 e. The van der Waals surface area contributed by atoms with Gasteiger partial charge >= 0.3 is 0 Å². The topological polar surface area (TPSA) is 55.2 Å². The maximum atomic E-state index is 13.1. The Morgan fingerprint density at radius 3 is 2.42 bits per heavy atom. The number of ether oxygens (including phenoxy) is 1. The Morgan fingerprint density at radius 1 is 1.06 bits per heavy atom. The van der Waals surface area contributed by atoms with Gasteiger partial charge in [-0.25, -0.2) is 9.49 Å². The van der Waals surface area contributed by atoms with Crippen molar-refractivity contribution in [2.24, 2.45) is 5.10 Å². The quantitative estimate of drug-likeness (QED) is 0.148. The molecule has 5 nitrogen and oxygen atoms in total. The minimum absolute atomic E-state index is 0.260. The summed E-state index contributed by atoms with van der Waals surface area (Å²) in [5.41, 5.74) is 2.73. The molecule has 0 unspecified atom stereocenters. The molecule has 0 fully saturated rings. The van der Waals surface area contributed by atoms with Crippen LogP contribution in [0.15, 0.2) is 71.8 Å². The number of halogens is 3. The molecular weight excluding hydrogens is 641 g/mol. The van der Waals surface area contributed by atoms with Gasteiger partial charge in [-0.3, -0.25) is 0 Å². The third kappa shape index (κ3) is 5.39. The fourth-order valence-electron chi connectivity index (χ4n) is 2.83. The van der Waals surface area contributed by atoms with Gasteiger partial charge in [-0.15, -0.1) is 0 Å². The van der Waals surface area contributed by atoms with Crippen LogP contribution in [0.1, 0.15) is 11.1 Å². The lowest BCUT2D eigenvalue weighted by Gasteiger charge is -2.11. The summed E-state index contributed by atoms with van der Waals surface area (Å²) in [5, 5.41) is 11.6. The molecule has 0 radical (unpaired) electrons. The second-order valence-electron chi connectivity index (χ2n) is 6.50. The summed E-state index contributed by atoms with van der Waals surface area (Å²) in [6, 6.07) is 20.0. The van der Waals surface area contributed by atoms with Gasteiger partial charge in [-0.1, -0.05) is 42.5 Å². The predicted octanol–water partition coefficient (Wildman–Crippen LogP) is 6.42. The highest BCUT2D eigenvalue weighted by atomic mass is 127. The summed E-state index contributed by atoms with van der Waals surface area (Å²) in [6.45, 7) is 0.365. The highest BCUT2D eigenvalue weighted by Crippen LogP contribution is 2.29. The Hall–Kier alpha value is -2.12. The van der Waals surface area contributed by atoms with Gasteiger partial charge < -0.3 is 4.74 Å². The highest BCUT2D eigenvalue weighted by molar-refractivity contribution is 14.1. The molecule has 31 heavy (non-hydrogen) atoms. The van der Waals surface area contributed by atoms with Crippen LogP contribution in [-0.2, 0) is 6.61 Å². The van der Waals surface area contributed by atoms with E-state index in [0.29, 0.717) is 17.2 Å². The molecule has 0 amide bonds. The Labute approximate surface area is 210 Å². The van der Waals surface area contributed by atoms with Gasteiger partial charge in [0, 0.05) is 5.56 Å². The third-order valence-corrected chi connectivity index (χ3v) is 6.19. The maximum absolute atomic E-state index is 13.1. The monoisotopic (exact) mass is 656 g/mol. The molecule has 1 N–H and O–H groups in total. The van der Waals surface area contributed by atoms with Crippen LogP contribution in [0.2, 0.25) is 0 Å². The smallest absolute Gasteiger partial charge is 0.216 e. The van der Waals surface area contributed by atoms with Crippen LogP contribution in [0.3, 0.4) is 0 Å². The molecule has 3 aromatic carbocycles. The molecule has 0 bridgehead atoms. The van der Waals surface area contributed by atoms with Gasteiger partial charge in [0.25, 0.3) is 0 Å². The summed E-state index contributed by atoms with van der Waals surface area (Å²) in [7, 11) is 0. The van der Waals surface area contributed by atoms with Gasteiger partial charge in [0.15, 0.2) is 5.82 Å². The van der Waals surface area contributed by atoms with E-state index in [1.807, 2.05) is 42.5 Å². The zero-order valence-corrected chi connectivity index (χ0v) is 21.1. The Balaban J connectivity index is 1.55. The number of nitrogens with zero attached hydrogens (tertiary/aromatic N) is 3. The number of aromatic nitrogens is 3. The average molecular weight is 656 g/mol. The summed E-state index contributed by atoms with van der Waals surface area (Å²) in [6.07, 6.45) is 1.74. The van der Waals surface area contributed by atoms with E-state index in [1.54, 1.807) is 23.0 Å². The van der Waals surface area contributed by atoms with Crippen LogP contribution < -0.4 is 4.74 Å². The van der Waals surface area contributed by atoms with Crippen LogP contribution in [-0.4, -0.2) is 21.1 Å². The number of hydrogen-bond acceptors (Lipinski definition) is 4. The molecule has 0 saturated carbocycles. The van der Waals surface area contributed by atoms with Crippen LogP contribution in [0.4, 0.5) is 4.39 Å². The van der Waals surface area contributed by atoms with Crippen LogP contribution in [0.5, 0.6) is 5.75 Å². The Bertz CT molecular complexity index is 1260. The van der Waals surface area contributed by atoms with E-state index in [1.165, 1.54) is 12.1 Å². The third-order valence-electron chi connectivity index (χ3n) is 4.32. The molecule has 0 saturated heterocycles. The number of benzene rings is 3. The normalized spacial score (nSPS) is 11.2. The zero-order chi connectivity index (χ0) is 21.8. The van der Waals surface area contributed by atoms with Gasteiger partial charge in [0.1, 0.15) is 18.2 Å². The molecule has 9 heteroatoms. The van der Waals surface area contributed by atoms with Crippen molar-refractivity contribution in [1.29, 1.82) is 0 Å². The first-order valence-corrected chi connectivity index (χ1v) is 11.7. The molecule has 0 aliphatic heterocycles. The van der Waals surface area contributed by atoms with Crippen molar-refractivity contribution in [1.82, 2.24) is 14.9 Å². The van der Waals surface area contributed by atoms with Crippen LogP contribution in [0, 0.1) is 17.7 Å². The van der Waals surface area contributed by atoms with Crippen molar-refractivity contribution in [3.63, 3.8) is 0 Å². The van der Waals surface area contributed by atoms with E-state index in [0.717, 1.165) is 29.6 Å². The van der Waals surface area contributed by atoms with E-state index in [2.05, 4.69) is 60.5 Å². The molecule has 4 rings (SSSR count). The summed E-state index contributed by atoms with van der Waals surface area (Å²) >= 11 is 9.81. The number of rotatable bonds is 6. The number of hydrogen-bond donors (Lipinski definition) is 1. The second-order valence-corrected chi connectivity index (χ2v) is 9.21. The summed E-state index contributed by atoms with van der Waals surface area (Å²) < 4.78 is 23.0. The highest BCUT2D eigenvalue weighted by Gasteiger charge is 2.10. The van der Waals surface area contributed by atoms with Crippen LogP contribution in [0.25, 0.3) is 11.4 Å². The Kier molecular flexibility index (Phi) is 7.13. The van der Waals surface area contributed by atoms with Crippen molar-refractivity contribution in [2.45, 2.75) is 6.61 Å². The van der Waals surface area contributed by atoms with E-state index >= 15 is 0 Å². The van der Waals surface area contributed by atoms with E-state index in [-0.39, 0.29) is 5.82 Å². The predicted molar refractivity (Wildman–Crippen MR) is 138 cm³/mol. The van der Waals surface area contributed by atoms with Crippen molar-refractivity contribution < 1.29 is 9.13 Å². The summed E-state index contributed by atoms with van der Waals surface area (Å²) in [5.74, 6) is 1.17. The van der Waals surface area contributed by atoms with Gasteiger partial charge in [-0.05, 0) is 92.8 Å². The fraction of sp³-hybridized carbons (Fsp3) is 0.0455. The van der Waals surface area contributed by atoms with E-state index < -0.39 is 0 Å². The standard InChI is InChI=1S/C22H15FI2N4OS/c23-17-8-6-14(7-9-17)13-30-20-18(24)10-15(11-19(20)25)12-26-29-21(27-28-22(29)31)16-4-2-1-3-5-16/h1-12H,13H2,(H,28,31)/b26-12-. The molecule has 156 valence electrons. The average Bonchev–Trinajstić information content (AvgIpc) is 3.14.